The molecule has 0 saturated carbocycles. The molecule has 0 fully saturated rings. The van der Waals surface area contributed by atoms with Crippen LogP contribution in [0.3, 0.4) is 0 Å². The number of anilines is 1. The SMILES string of the molecule is NCCOc1cccc(NS(=O)(=O)c2ccc([N+](=O)[O-])cc2)c1. The van der Waals surface area contributed by atoms with Crippen molar-refractivity contribution in [1.29, 1.82) is 0 Å². The summed E-state index contributed by atoms with van der Waals surface area (Å²) in [7, 11) is -3.85. The van der Waals surface area contributed by atoms with E-state index in [4.69, 9.17) is 10.5 Å². The Kier molecular flexibility index (Phi) is 5.14. The first-order valence-electron chi connectivity index (χ1n) is 6.62. The van der Waals surface area contributed by atoms with E-state index in [0.717, 1.165) is 12.1 Å². The molecule has 0 bridgehead atoms. The third kappa shape index (κ3) is 4.41. The molecule has 3 N–H and O–H groups in total. The van der Waals surface area contributed by atoms with Gasteiger partial charge in [0.25, 0.3) is 15.7 Å². The highest BCUT2D eigenvalue weighted by molar-refractivity contribution is 7.92. The topological polar surface area (TPSA) is 125 Å². The molecule has 2 rings (SSSR count). The van der Waals surface area contributed by atoms with Gasteiger partial charge in [-0.3, -0.25) is 14.8 Å². The lowest BCUT2D eigenvalue weighted by molar-refractivity contribution is -0.384. The molecule has 8 nitrogen and oxygen atoms in total. The lowest BCUT2D eigenvalue weighted by atomic mass is 10.3. The third-order valence-electron chi connectivity index (χ3n) is 2.83. The molecule has 0 aliphatic rings. The molecule has 2 aromatic rings. The molecule has 0 heterocycles. The second-order valence-electron chi connectivity index (χ2n) is 4.52. The van der Waals surface area contributed by atoms with Crippen LogP contribution in [0.25, 0.3) is 0 Å². The quantitative estimate of drug-likeness (QED) is 0.585. The Labute approximate surface area is 133 Å². The van der Waals surface area contributed by atoms with Crippen LogP contribution in [0.4, 0.5) is 11.4 Å². The zero-order chi connectivity index (χ0) is 16.9. The fourth-order valence-electron chi connectivity index (χ4n) is 1.79. The maximum atomic E-state index is 12.3. The second kappa shape index (κ2) is 7.07. The molecule has 0 spiro atoms. The molecule has 0 radical (unpaired) electrons. The van der Waals surface area contributed by atoms with Crippen molar-refractivity contribution in [3.63, 3.8) is 0 Å². The fourth-order valence-corrected chi connectivity index (χ4v) is 2.84. The van der Waals surface area contributed by atoms with Gasteiger partial charge in [0.05, 0.1) is 15.5 Å². The number of sulfonamides is 1. The minimum atomic E-state index is -3.85. The second-order valence-corrected chi connectivity index (χ2v) is 6.20. The standard InChI is InChI=1S/C14H15N3O5S/c15-8-9-22-13-3-1-2-11(10-13)16-23(20,21)14-6-4-12(5-7-14)17(18)19/h1-7,10,16H,8-9,15H2. The van der Waals surface area contributed by atoms with Gasteiger partial charge in [-0.1, -0.05) is 6.07 Å². The summed E-state index contributed by atoms with van der Waals surface area (Å²) in [4.78, 5) is 9.93. The molecule has 9 heteroatoms. The first kappa shape index (κ1) is 16.7. The van der Waals surface area contributed by atoms with Gasteiger partial charge in [-0.05, 0) is 24.3 Å². The van der Waals surface area contributed by atoms with E-state index in [-0.39, 0.29) is 10.6 Å². The maximum Gasteiger partial charge on any atom is 0.269 e. The highest BCUT2D eigenvalue weighted by Crippen LogP contribution is 2.22. The summed E-state index contributed by atoms with van der Waals surface area (Å²) in [5.41, 5.74) is 5.48. The van der Waals surface area contributed by atoms with E-state index < -0.39 is 14.9 Å². The van der Waals surface area contributed by atoms with Gasteiger partial charge < -0.3 is 10.5 Å². The predicted molar refractivity (Wildman–Crippen MR) is 84.9 cm³/mol. The Morgan fingerprint density at radius 1 is 1.17 bits per heavy atom. The molecule has 122 valence electrons. The number of nitrogens with one attached hydrogen (secondary N) is 1. The van der Waals surface area contributed by atoms with E-state index in [1.807, 2.05) is 0 Å². The van der Waals surface area contributed by atoms with Crippen molar-refractivity contribution in [3.05, 3.63) is 58.6 Å². The Bertz CT molecular complexity index is 790. The van der Waals surface area contributed by atoms with Crippen LogP contribution < -0.4 is 15.2 Å². The molecular formula is C14H15N3O5S. The lowest BCUT2D eigenvalue weighted by Gasteiger charge is -2.10. The molecule has 0 saturated heterocycles. The van der Waals surface area contributed by atoms with Crippen LogP contribution in [-0.4, -0.2) is 26.5 Å². The number of hydrogen-bond donors (Lipinski definition) is 2. The van der Waals surface area contributed by atoms with Gasteiger partial charge in [0.1, 0.15) is 12.4 Å². The highest BCUT2D eigenvalue weighted by atomic mass is 32.2. The first-order chi connectivity index (χ1) is 10.9. The van der Waals surface area contributed by atoms with Gasteiger partial charge in [-0.25, -0.2) is 8.42 Å². The summed E-state index contributed by atoms with van der Waals surface area (Å²) < 4.78 is 32.2. The normalized spacial score (nSPS) is 11.0. The maximum absolute atomic E-state index is 12.3. The third-order valence-corrected chi connectivity index (χ3v) is 4.23. The summed E-state index contributed by atoms with van der Waals surface area (Å²) in [5.74, 6) is 0.486. The molecule has 23 heavy (non-hydrogen) atoms. The number of nitro groups is 1. The van der Waals surface area contributed by atoms with Crippen LogP contribution in [-0.2, 0) is 10.0 Å². The minimum absolute atomic E-state index is 0.0728. The number of rotatable bonds is 7. The summed E-state index contributed by atoms with van der Waals surface area (Å²) in [5, 5.41) is 10.6. The minimum Gasteiger partial charge on any atom is -0.492 e. The van der Waals surface area contributed by atoms with Gasteiger partial charge >= 0.3 is 0 Å². The molecule has 0 amide bonds. The van der Waals surface area contributed by atoms with Crippen molar-refractivity contribution in [2.75, 3.05) is 17.9 Å². The number of benzene rings is 2. The zero-order valence-electron chi connectivity index (χ0n) is 12.0. The van der Waals surface area contributed by atoms with Crippen LogP contribution in [0.1, 0.15) is 0 Å². The average Bonchev–Trinajstić information content (AvgIpc) is 2.53. The van der Waals surface area contributed by atoms with Gasteiger partial charge in [-0.15, -0.1) is 0 Å². The molecular weight excluding hydrogens is 322 g/mol. The van der Waals surface area contributed by atoms with Crippen molar-refractivity contribution in [2.45, 2.75) is 4.90 Å². The number of nitrogens with zero attached hydrogens (tertiary/aromatic N) is 1. The zero-order valence-corrected chi connectivity index (χ0v) is 12.8. The van der Waals surface area contributed by atoms with Gasteiger partial charge in [-0.2, -0.15) is 0 Å². The molecule has 0 aromatic heterocycles. The Balaban J connectivity index is 2.19. The highest BCUT2D eigenvalue weighted by Gasteiger charge is 2.16. The average molecular weight is 337 g/mol. The Morgan fingerprint density at radius 2 is 1.87 bits per heavy atom. The molecule has 0 unspecified atom stereocenters. The predicted octanol–water partition coefficient (Wildman–Crippen LogP) is 1.73. The van der Waals surface area contributed by atoms with E-state index in [1.165, 1.54) is 18.2 Å². The van der Waals surface area contributed by atoms with Crippen molar-refractivity contribution < 1.29 is 18.1 Å². The fraction of sp³-hybridized carbons (Fsp3) is 0.143. The first-order valence-corrected chi connectivity index (χ1v) is 8.11. The summed E-state index contributed by atoms with van der Waals surface area (Å²) in [6, 6.07) is 11.0. The smallest absolute Gasteiger partial charge is 0.269 e. The molecule has 0 atom stereocenters. The van der Waals surface area contributed by atoms with Gasteiger partial charge in [0.15, 0.2) is 0 Å². The van der Waals surface area contributed by atoms with Crippen LogP contribution >= 0.6 is 0 Å². The number of nitrogens with two attached hydrogens (primary N) is 1. The summed E-state index contributed by atoms with van der Waals surface area (Å²) in [6.07, 6.45) is 0. The Hall–Kier alpha value is -2.65. The molecule has 0 aliphatic carbocycles. The van der Waals surface area contributed by atoms with Gasteiger partial charge in [0.2, 0.25) is 0 Å². The lowest BCUT2D eigenvalue weighted by Crippen LogP contribution is -2.13. The largest absolute Gasteiger partial charge is 0.492 e. The number of hydrogen-bond acceptors (Lipinski definition) is 6. The Morgan fingerprint density at radius 3 is 2.48 bits per heavy atom. The summed E-state index contributed by atoms with van der Waals surface area (Å²) >= 11 is 0. The number of non-ortho nitro benzene ring substituents is 1. The van der Waals surface area contributed by atoms with Crippen LogP contribution in [0.5, 0.6) is 5.75 Å². The molecule has 0 aliphatic heterocycles. The van der Waals surface area contributed by atoms with Crippen LogP contribution in [0, 0.1) is 10.1 Å². The molecule has 2 aromatic carbocycles. The van der Waals surface area contributed by atoms with Crippen LogP contribution in [0.2, 0.25) is 0 Å². The number of ether oxygens (including phenoxy) is 1. The van der Waals surface area contributed by atoms with E-state index in [9.17, 15) is 18.5 Å². The van der Waals surface area contributed by atoms with Crippen molar-refractivity contribution >= 4 is 21.4 Å². The van der Waals surface area contributed by atoms with Gasteiger partial charge in [0, 0.05) is 24.7 Å². The van der Waals surface area contributed by atoms with Crippen molar-refractivity contribution in [1.82, 2.24) is 0 Å². The number of nitro benzene ring substituents is 1. The van der Waals surface area contributed by atoms with Crippen molar-refractivity contribution in [3.8, 4) is 5.75 Å². The van der Waals surface area contributed by atoms with Crippen molar-refractivity contribution in [2.24, 2.45) is 5.73 Å². The van der Waals surface area contributed by atoms with E-state index >= 15 is 0 Å². The van der Waals surface area contributed by atoms with E-state index in [2.05, 4.69) is 4.72 Å². The van der Waals surface area contributed by atoms with Crippen LogP contribution in [0.15, 0.2) is 53.4 Å². The monoisotopic (exact) mass is 337 g/mol. The summed E-state index contributed by atoms with van der Waals surface area (Å²) in [6.45, 7) is 0.664. The van der Waals surface area contributed by atoms with E-state index in [1.54, 1.807) is 18.2 Å². The van der Waals surface area contributed by atoms with E-state index in [0.29, 0.717) is 24.6 Å².